The maximum atomic E-state index is 5.83. The number of nitrogens with zero attached hydrogens (tertiary/aromatic N) is 2. The summed E-state index contributed by atoms with van der Waals surface area (Å²) < 4.78 is 16.7. The zero-order valence-electron chi connectivity index (χ0n) is 19.3. The summed E-state index contributed by atoms with van der Waals surface area (Å²) in [5.74, 6) is 1.65. The summed E-state index contributed by atoms with van der Waals surface area (Å²) in [4.78, 5) is 0. The highest BCUT2D eigenvalue weighted by atomic mass is 16.5. The molecule has 0 aliphatic heterocycles. The van der Waals surface area contributed by atoms with E-state index in [-0.39, 0.29) is 0 Å². The van der Waals surface area contributed by atoms with Gasteiger partial charge in [0.2, 0.25) is 0 Å². The van der Waals surface area contributed by atoms with Crippen LogP contribution in [0.4, 0.5) is 11.4 Å². The third kappa shape index (κ3) is 8.91. The third-order valence-electron chi connectivity index (χ3n) is 5.13. The number of unbranched alkanes of at least 4 members (excludes halogenated alkanes) is 3. The maximum absolute atomic E-state index is 5.83. The van der Waals surface area contributed by atoms with Crippen LogP contribution in [0.2, 0.25) is 0 Å². The Kier molecular flexibility index (Phi) is 10.2. The average Bonchev–Trinajstić information content (AvgIpc) is 2.88. The zero-order valence-corrected chi connectivity index (χ0v) is 19.3. The van der Waals surface area contributed by atoms with Crippen LogP contribution in [0.5, 0.6) is 11.5 Å². The Balaban J connectivity index is 1.24. The van der Waals surface area contributed by atoms with Crippen molar-refractivity contribution in [2.24, 2.45) is 10.2 Å². The minimum absolute atomic E-state index is 0.663. The van der Waals surface area contributed by atoms with Crippen molar-refractivity contribution < 1.29 is 14.2 Å². The van der Waals surface area contributed by atoms with E-state index < -0.39 is 0 Å². The Morgan fingerprint density at radius 1 is 0.697 bits per heavy atom. The van der Waals surface area contributed by atoms with Crippen molar-refractivity contribution in [2.75, 3.05) is 20.3 Å². The van der Waals surface area contributed by atoms with E-state index in [1.807, 2.05) is 54.6 Å². The average molecular weight is 445 g/mol. The first-order chi connectivity index (χ1) is 16.3. The van der Waals surface area contributed by atoms with E-state index in [0.29, 0.717) is 13.2 Å². The van der Waals surface area contributed by atoms with E-state index in [2.05, 4.69) is 41.1 Å². The third-order valence-corrected chi connectivity index (χ3v) is 5.13. The van der Waals surface area contributed by atoms with Gasteiger partial charge in [-0.25, -0.2) is 0 Å². The second-order valence-corrected chi connectivity index (χ2v) is 7.65. The summed E-state index contributed by atoms with van der Waals surface area (Å²) in [5.41, 5.74) is 3.90. The van der Waals surface area contributed by atoms with E-state index in [1.165, 1.54) is 5.56 Å². The number of benzene rings is 3. The van der Waals surface area contributed by atoms with Crippen LogP contribution in [0.25, 0.3) is 6.08 Å². The Hall–Kier alpha value is -3.44. The van der Waals surface area contributed by atoms with Crippen molar-refractivity contribution in [1.29, 1.82) is 0 Å². The molecule has 172 valence electrons. The van der Waals surface area contributed by atoms with Gasteiger partial charge in [-0.15, -0.1) is 0 Å². The summed E-state index contributed by atoms with van der Waals surface area (Å²) in [7, 11) is 1.64. The van der Waals surface area contributed by atoms with Gasteiger partial charge < -0.3 is 14.2 Å². The molecular formula is C28H32N2O3. The van der Waals surface area contributed by atoms with Crippen molar-refractivity contribution in [2.45, 2.75) is 32.3 Å². The van der Waals surface area contributed by atoms with Gasteiger partial charge in [0.1, 0.15) is 11.5 Å². The van der Waals surface area contributed by atoms with Crippen LogP contribution in [0, 0.1) is 0 Å². The van der Waals surface area contributed by atoms with Gasteiger partial charge in [0.05, 0.1) is 31.7 Å². The molecule has 0 N–H and O–H groups in total. The van der Waals surface area contributed by atoms with Crippen LogP contribution in [-0.2, 0) is 11.3 Å². The van der Waals surface area contributed by atoms with Gasteiger partial charge in [0.15, 0.2) is 0 Å². The molecule has 0 bridgehead atoms. The molecule has 0 spiro atoms. The fourth-order valence-corrected chi connectivity index (χ4v) is 3.16. The van der Waals surface area contributed by atoms with Crippen molar-refractivity contribution in [1.82, 2.24) is 0 Å². The van der Waals surface area contributed by atoms with Gasteiger partial charge in [-0.2, -0.15) is 10.2 Å². The van der Waals surface area contributed by atoms with Gasteiger partial charge >= 0.3 is 0 Å². The summed E-state index contributed by atoms with van der Waals surface area (Å²) in [5, 5.41) is 8.50. The van der Waals surface area contributed by atoms with Crippen molar-refractivity contribution in [3.63, 3.8) is 0 Å². The number of hydrogen-bond acceptors (Lipinski definition) is 5. The van der Waals surface area contributed by atoms with Crippen molar-refractivity contribution in [3.8, 4) is 11.5 Å². The first kappa shape index (κ1) is 24.2. The fraction of sp³-hybridized carbons (Fsp3) is 0.286. The van der Waals surface area contributed by atoms with Crippen LogP contribution in [-0.4, -0.2) is 20.3 Å². The standard InChI is InChI=1S/C28H32N2O3/c1-3-23-8-10-24(11-9-23)22-32-20-6-4-5-7-21-33-28-18-14-26(15-19-28)30-29-25-12-16-27(31-2)17-13-25/h3,8-19H,1,4-7,20-22H2,2H3. The van der Waals surface area contributed by atoms with Gasteiger partial charge in [0, 0.05) is 6.61 Å². The Bertz CT molecular complexity index is 981. The van der Waals surface area contributed by atoms with Crippen LogP contribution in [0.15, 0.2) is 89.6 Å². The monoisotopic (exact) mass is 444 g/mol. The molecule has 33 heavy (non-hydrogen) atoms. The Labute approximate surface area is 196 Å². The number of azo groups is 1. The summed E-state index contributed by atoms with van der Waals surface area (Å²) in [6, 6.07) is 23.4. The fourth-order valence-electron chi connectivity index (χ4n) is 3.16. The van der Waals surface area contributed by atoms with Gasteiger partial charge in [-0.1, -0.05) is 43.3 Å². The predicted molar refractivity (Wildman–Crippen MR) is 134 cm³/mol. The van der Waals surface area contributed by atoms with Gasteiger partial charge in [-0.05, 0) is 78.9 Å². The summed E-state index contributed by atoms with van der Waals surface area (Å²) in [6.07, 6.45) is 6.22. The molecule has 0 radical (unpaired) electrons. The van der Waals surface area contributed by atoms with Crippen LogP contribution < -0.4 is 9.47 Å². The van der Waals surface area contributed by atoms with E-state index in [9.17, 15) is 0 Å². The molecule has 0 aliphatic carbocycles. The largest absolute Gasteiger partial charge is 0.497 e. The van der Waals surface area contributed by atoms with Crippen molar-refractivity contribution in [3.05, 3.63) is 90.5 Å². The number of ether oxygens (including phenoxy) is 3. The number of methoxy groups -OCH3 is 1. The number of rotatable bonds is 14. The normalized spacial score (nSPS) is 10.9. The predicted octanol–water partition coefficient (Wildman–Crippen LogP) is 7.91. The molecule has 0 aliphatic rings. The minimum Gasteiger partial charge on any atom is -0.497 e. The van der Waals surface area contributed by atoms with Crippen LogP contribution in [0.1, 0.15) is 36.8 Å². The van der Waals surface area contributed by atoms with Crippen LogP contribution >= 0.6 is 0 Å². The topological polar surface area (TPSA) is 52.4 Å². The smallest absolute Gasteiger partial charge is 0.119 e. The molecule has 0 saturated heterocycles. The molecule has 0 saturated carbocycles. The second-order valence-electron chi connectivity index (χ2n) is 7.65. The van der Waals surface area contributed by atoms with E-state index in [0.717, 1.165) is 60.7 Å². The first-order valence-corrected chi connectivity index (χ1v) is 11.3. The molecule has 3 aromatic carbocycles. The van der Waals surface area contributed by atoms with Crippen LogP contribution in [0.3, 0.4) is 0 Å². The zero-order chi connectivity index (χ0) is 23.1. The molecule has 0 aromatic heterocycles. The molecular weight excluding hydrogens is 412 g/mol. The lowest BCUT2D eigenvalue weighted by Crippen LogP contribution is -1.98. The molecule has 0 fully saturated rings. The highest BCUT2D eigenvalue weighted by molar-refractivity contribution is 5.47. The maximum Gasteiger partial charge on any atom is 0.119 e. The lowest BCUT2D eigenvalue weighted by Gasteiger charge is -2.07. The molecule has 3 rings (SSSR count). The highest BCUT2D eigenvalue weighted by Gasteiger charge is 1.98. The highest BCUT2D eigenvalue weighted by Crippen LogP contribution is 2.23. The molecule has 0 unspecified atom stereocenters. The lowest BCUT2D eigenvalue weighted by molar-refractivity contribution is 0.116. The molecule has 0 heterocycles. The first-order valence-electron chi connectivity index (χ1n) is 11.3. The van der Waals surface area contributed by atoms with E-state index in [1.54, 1.807) is 7.11 Å². The quantitative estimate of drug-likeness (QED) is 0.187. The molecule has 0 atom stereocenters. The summed E-state index contributed by atoms with van der Waals surface area (Å²) in [6.45, 7) is 5.93. The Morgan fingerprint density at radius 3 is 1.85 bits per heavy atom. The van der Waals surface area contributed by atoms with E-state index in [4.69, 9.17) is 14.2 Å². The summed E-state index contributed by atoms with van der Waals surface area (Å²) >= 11 is 0. The SMILES string of the molecule is C=Cc1ccc(COCCCCCCOc2ccc(N=Nc3ccc(OC)cc3)cc2)cc1. The molecule has 5 heteroatoms. The lowest BCUT2D eigenvalue weighted by atomic mass is 10.1. The number of hydrogen-bond donors (Lipinski definition) is 0. The van der Waals surface area contributed by atoms with Gasteiger partial charge in [0.25, 0.3) is 0 Å². The second kappa shape index (κ2) is 13.9. The van der Waals surface area contributed by atoms with Crippen molar-refractivity contribution >= 4 is 17.5 Å². The molecule has 3 aromatic rings. The molecule has 0 amide bonds. The minimum atomic E-state index is 0.663. The van der Waals surface area contributed by atoms with E-state index >= 15 is 0 Å². The Morgan fingerprint density at radius 2 is 1.27 bits per heavy atom. The van der Waals surface area contributed by atoms with Gasteiger partial charge in [-0.3, -0.25) is 0 Å². The molecule has 5 nitrogen and oxygen atoms in total.